The topological polar surface area (TPSA) is 84.2 Å². The first-order valence-electron chi connectivity index (χ1n) is 7.31. The Morgan fingerprint density at radius 3 is 2.48 bits per heavy atom. The van der Waals surface area contributed by atoms with E-state index in [2.05, 4.69) is 17.6 Å². The molecule has 116 valence electrons. The number of anilines is 1. The summed E-state index contributed by atoms with van der Waals surface area (Å²) in [6, 6.07) is 4.90. The van der Waals surface area contributed by atoms with Crippen molar-refractivity contribution in [3.8, 4) is 0 Å². The fourth-order valence-electron chi connectivity index (χ4n) is 2.05. The lowest BCUT2D eigenvalue weighted by atomic mass is 10.0. The third-order valence-electron chi connectivity index (χ3n) is 3.24. The number of amides is 2. The van der Waals surface area contributed by atoms with Crippen LogP contribution in [-0.4, -0.2) is 24.4 Å². The van der Waals surface area contributed by atoms with E-state index in [-0.39, 0.29) is 11.8 Å². The molecule has 0 heterocycles. The van der Waals surface area contributed by atoms with E-state index in [9.17, 15) is 9.59 Å². The Balaban J connectivity index is 2.98. The number of hydrogen-bond acceptors (Lipinski definition) is 3. The number of hydrogen-bond donors (Lipinski definition) is 3. The highest BCUT2D eigenvalue weighted by Gasteiger charge is 2.23. The van der Waals surface area contributed by atoms with E-state index in [0.717, 1.165) is 24.2 Å². The third-order valence-corrected chi connectivity index (χ3v) is 3.24. The van der Waals surface area contributed by atoms with Crippen molar-refractivity contribution in [3.05, 3.63) is 29.3 Å². The average Bonchev–Trinajstić information content (AvgIpc) is 2.41. The first-order valence-corrected chi connectivity index (χ1v) is 7.31. The Kier molecular flexibility index (Phi) is 6.21. The van der Waals surface area contributed by atoms with Gasteiger partial charge in [0.25, 0.3) is 5.91 Å². The molecule has 0 spiro atoms. The predicted octanol–water partition coefficient (Wildman–Crippen LogP) is 2.06. The average molecular weight is 291 g/mol. The number of nitrogens with two attached hydrogens (primary N) is 1. The maximum atomic E-state index is 12.4. The van der Waals surface area contributed by atoms with Crippen LogP contribution in [0.5, 0.6) is 0 Å². The third kappa shape index (κ3) is 4.77. The Hall–Kier alpha value is -2.04. The van der Waals surface area contributed by atoms with Gasteiger partial charge in [-0.05, 0) is 37.0 Å². The molecule has 2 amide bonds. The highest BCUT2D eigenvalue weighted by atomic mass is 16.2. The van der Waals surface area contributed by atoms with Gasteiger partial charge in [-0.2, -0.15) is 0 Å². The van der Waals surface area contributed by atoms with Crippen molar-refractivity contribution in [2.45, 2.75) is 40.2 Å². The van der Waals surface area contributed by atoms with Gasteiger partial charge in [-0.25, -0.2) is 0 Å². The molecule has 0 aliphatic carbocycles. The van der Waals surface area contributed by atoms with Crippen LogP contribution in [0.3, 0.4) is 0 Å². The maximum Gasteiger partial charge on any atom is 0.254 e. The molecule has 1 aromatic carbocycles. The number of aryl methyl sites for hydroxylation is 1. The lowest BCUT2D eigenvalue weighted by Crippen LogP contribution is -2.47. The van der Waals surface area contributed by atoms with Crippen LogP contribution >= 0.6 is 0 Å². The van der Waals surface area contributed by atoms with Gasteiger partial charge in [0.15, 0.2) is 0 Å². The Bertz CT molecular complexity index is 512. The molecule has 0 aromatic heterocycles. The Labute approximate surface area is 126 Å². The minimum Gasteiger partial charge on any atom is -0.384 e. The molecule has 1 atom stereocenters. The summed E-state index contributed by atoms with van der Waals surface area (Å²) in [6.45, 7) is 8.51. The largest absolute Gasteiger partial charge is 0.384 e. The molecule has 1 aromatic rings. The molecule has 4 N–H and O–H groups in total. The summed E-state index contributed by atoms with van der Waals surface area (Å²) in [6.07, 6.45) is 0.963. The van der Waals surface area contributed by atoms with E-state index < -0.39 is 11.9 Å². The molecule has 5 heteroatoms. The minimum atomic E-state index is -0.669. The van der Waals surface area contributed by atoms with Gasteiger partial charge in [0.2, 0.25) is 5.91 Å². The second-order valence-electron chi connectivity index (χ2n) is 5.57. The van der Waals surface area contributed by atoms with E-state index in [1.165, 1.54) is 0 Å². The zero-order valence-electron chi connectivity index (χ0n) is 13.2. The zero-order valence-corrected chi connectivity index (χ0v) is 13.2. The Morgan fingerprint density at radius 1 is 1.29 bits per heavy atom. The maximum absolute atomic E-state index is 12.4. The highest BCUT2D eigenvalue weighted by Crippen LogP contribution is 2.18. The molecule has 21 heavy (non-hydrogen) atoms. The Morgan fingerprint density at radius 2 is 1.95 bits per heavy atom. The highest BCUT2D eigenvalue weighted by molar-refractivity contribution is 6.01. The molecule has 0 saturated heterocycles. The van der Waals surface area contributed by atoms with Crippen LogP contribution in [0, 0.1) is 12.8 Å². The van der Waals surface area contributed by atoms with Gasteiger partial charge in [0.05, 0.1) is 5.56 Å². The SMILES string of the molecule is CCCNc1cc(C)ccc1C(=O)NC(C(N)=O)C(C)C. The van der Waals surface area contributed by atoms with Crippen LogP contribution in [0.25, 0.3) is 0 Å². The molecule has 0 aliphatic heterocycles. The van der Waals surface area contributed by atoms with Gasteiger partial charge >= 0.3 is 0 Å². The number of carbonyl (C=O) groups is 2. The normalized spacial score (nSPS) is 12.0. The molecule has 5 nitrogen and oxygen atoms in total. The first-order chi connectivity index (χ1) is 9.86. The van der Waals surface area contributed by atoms with E-state index in [0.29, 0.717) is 5.56 Å². The molecular weight excluding hydrogens is 266 g/mol. The standard InChI is InChI=1S/C16H25N3O2/c1-5-8-18-13-9-11(4)6-7-12(13)16(21)19-14(10(2)3)15(17)20/h6-7,9-10,14,18H,5,8H2,1-4H3,(H2,17,20)(H,19,21). The predicted molar refractivity (Wildman–Crippen MR) is 85.2 cm³/mol. The first kappa shape index (κ1) is 17.0. The summed E-state index contributed by atoms with van der Waals surface area (Å²) >= 11 is 0. The van der Waals surface area contributed by atoms with Gasteiger partial charge in [0, 0.05) is 12.2 Å². The number of nitrogens with one attached hydrogen (secondary N) is 2. The van der Waals surface area contributed by atoms with E-state index in [4.69, 9.17) is 5.73 Å². The summed E-state index contributed by atoms with van der Waals surface area (Å²) in [5, 5.41) is 5.95. The summed E-state index contributed by atoms with van der Waals surface area (Å²) in [5.41, 5.74) is 7.71. The molecule has 0 bridgehead atoms. The van der Waals surface area contributed by atoms with Gasteiger partial charge in [0.1, 0.15) is 6.04 Å². The van der Waals surface area contributed by atoms with E-state index in [1.807, 2.05) is 32.9 Å². The number of benzene rings is 1. The monoisotopic (exact) mass is 291 g/mol. The van der Waals surface area contributed by atoms with Crippen molar-refractivity contribution in [1.82, 2.24) is 5.32 Å². The van der Waals surface area contributed by atoms with Crippen LogP contribution in [0.4, 0.5) is 5.69 Å². The van der Waals surface area contributed by atoms with Crippen LogP contribution in [0.2, 0.25) is 0 Å². The van der Waals surface area contributed by atoms with Crippen LogP contribution in [0.15, 0.2) is 18.2 Å². The quantitative estimate of drug-likeness (QED) is 0.719. The smallest absolute Gasteiger partial charge is 0.254 e. The van der Waals surface area contributed by atoms with Gasteiger partial charge < -0.3 is 16.4 Å². The lowest BCUT2D eigenvalue weighted by Gasteiger charge is -2.20. The van der Waals surface area contributed by atoms with E-state index in [1.54, 1.807) is 6.07 Å². The van der Waals surface area contributed by atoms with Crippen molar-refractivity contribution in [1.29, 1.82) is 0 Å². The molecule has 0 aliphatic rings. The second kappa shape index (κ2) is 7.67. The summed E-state index contributed by atoms with van der Waals surface area (Å²) in [4.78, 5) is 23.8. The molecule has 0 fully saturated rings. The zero-order chi connectivity index (χ0) is 16.0. The fourth-order valence-corrected chi connectivity index (χ4v) is 2.05. The van der Waals surface area contributed by atoms with Gasteiger partial charge in [-0.1, -0.05) is 26.8 Å². The summed E-state index contributed by atoms with van der Waals surface area (Å²) < 4.78 is 0. The lowest BCUT2D eigenvalue weighted by molar-refractivity contribution is -0.120. The summed E-state index contributed by atoms with van der Waals surface area (Å²) in [5.74, 6) is -0.858. The van der Waals surface area contributed by atoms with Crippen LogP contribution in [0.1, 0.15) is 43.1 Å². The molecular formula is C16H25N3O2. The minimum absolute atomic E-state index is 0.0519. The molecule has 1 rings (SSSR count). The van der Waals surface area contributed by atoms with Crippen molar-refractivity contribution in [2.24, 2.45) is 11.7 Å². The molecule has 0 saturated carbocycles. The second-order valence-corrected chi connectivity index (χ2v) is 5.57. The van der Waals surface area contributed by atoms with Gasteiger partial charge in [-0.15, -0.1) is 0 Å². The van der Waals surface area contributed by atoms with Crippen molar-refractivity contribution in [2.75, 3.05) is 11.9 Å². The molecule has 1 unspecified atom stereocenters. The number of primary amides is 1. The van der Waals surface area contributed by atoms with Crippen molar-refractivity contribution >= 4 is 17.5 Å². The van der Waals surface area contributed by atoms with Gasteiger partial charge in [-0.3, -0.25) is 9.59 Å². The fraction of sp³-hybridized carbons (Fsp3) is 0.500. The van der Waals surface area contributed by atoms with Crippen molar-refractivity contribution in [3.63, 3.8) is 0 Å². The van der Waals surface area contributed by atoms with Crippen LogP contribution in [-0.2, 0) is 4.79 Å². The van der Waals surface area contributed by atoms with E-state index >= 15 is 0 Å². The number of carbonyl (C=O) groups excluding carboxylic acids is 2. The summed E-state index contributed by atoms with van der Waals surface area (Å²) in [7, 11) is 0. The van der Waals surface area contributed by atoms with Crippen LogP contribution < -0.4 is 16.4 Å². The molecule has 0 radical (unpaired) electrons. The van der Waals surface area contributed by atoms with Crippen molar-refractivity contribution < 1.29 is 9.59 Å². The number of rotatable bonds is 7.